The van der Waals surface area contributed by atoms with Gasteiger partial charge in [-0.25, -0.2) is 13.2 Å². The molecule has 2 aromatic rings. The van der Waals surface area contributed by atoms with E-state index in [4.69, 9.17) is 4.74 Å². The zero-order valence-corrected chi connectivity index (χ0v) is 16.5. The van der Waals surface area contributed by atoms with E-state index in [-0.39, 0.29) is 17.4 Å². The first-order chi connectivity index (χ1) is 12.7. The number of hydrogen-bond donors (Lipinski definition) is 1. The summed E-state index contributed by atoms with van der Waals surface area (Å²) in [6.45, 7) is 5.09. The Bertz CT molecular complexity index is 953. The van der Waals surface area contributed by atoms with Crippen LogP contribution in [0.4, 0.5) is 11.4 Å². The normalized spacial score (nSPS) is 11.0. The summed E-state index contributed by atoms with van der Waals surface area (Å²) in [5.74, 6) is -0.689. The molecule has 7 nitrogen and oxygen atoms in total. The molecule has 27 heavy (non-hydrogen) atoms. The van der Waals surface area contributed by atoms with Crippen LogP contribution in [0.1, 0.15) is 29.8 Å². The average molecular weight is 390 g/mol. The first-order valence-electron chi connectivity index (χ1n) is 8.31. The predicted molar refractivity (Wildman–Crippen MR) is 103 cm³/mol. The van der Waals surface area contributed by atoms with Gasteiger partial charge in [0.1, 0.15) is 0 Å². The number of carbonyl (C=O) groups is 2. The van der Waals surface area contributed by atoms with E-state index in [1.165, 1.54) is 44.3 Å². The molecule has 0 spiro atoms. The Kier molecular flexibility index (Phi) is 6.22. The van der Waals surface area contributed by atoms with Crippen LogP contribution in [0.5, 0.6) is 0 Å². The van der Waals surface area contributed by atoms with Crippen molar-refractivity contribution < 1.29 is 22.7 Å². The Morgan fingerprint density at radius 3 is 2.26 bits per heavy atom. The second kappa shape index (κ2) is 8.22. The van der Waals surface area contributed by atoms with Gasteiger partial charge < -0.3 is 10.1 Å². The SMILES string of the molecule is CCOC(=O)c1ccc(N(C)S(=O)(=O)c2ccc(NC(C)=O)cc2)c(C)c1. The number of hydrogen-bond acceptors (Lipinski definition) is 5. The predicted octanol–water partition coefficient (Wildman–Crippen LogP) is 2.96. The van der Waals surface area contributed by atoms with Crippen molar-refractivity contribution in [1.29, 1.82) is 0 Å². The fourth-order valence-electron chi connectivity index (χ4n) is 2.55. The molecule has 0 saturated heterocycles. The van der Waals surface area contributed by atoms with Crippen LogP contribution in [-0.2, 0) is 19.6 Å². The quantitative estimate of drug-likeness (QED) is 0.766. The maximum atomic E-state index is 12.9. The summed E-state index contributed by atoms with van der Waals surface area (Å²) in [6.07, 6.45) is 0. The number of carbonyl (C=O) groups excluding carboxylic acids is 2. The van der Waals surface area contributed by atoms with E-state index in [0.717, 1.165) is 4.31 Å². The maximum Gasteiger partial charge on any atom is 0.338 e. The highest BCUT2D eigenvalue weighted by Crippen LogP contribution is 2.27. The van der Waals surface area contributed by atoms with Gasteiger partial charge >= 0.3 is 5.97 Å². The van der Waals surface area contributed by atoms with Gasteiger partial charge in [0, 0.05) is 19.7 Å². The number of nitrogens with one attached hydrogen (secondary N) is 1. The van der Waals surface area contributed by atoms with Gasteiger partial charge in [0.25, 0.3) is 10.0 Å². The summed E-state index contributed by atoms with van der Waals surface area (Å²) in [5, 5.41) is 2.59. The third-order valence-corrected chi connectivity index (χ3v) is 5.67. The first-order valence-corrected chi connectivity index (χ1v) is 9.75. The van der Waals surface area contributed by atoms with Crippen LogP contribution in [0, 0.1) is 6.92 Å². The van der Waals surface area contributed by atoms with Crippen molar-refractivity contribution in [3.63, 3.8) is 0 Å². The van der Waals surface area contributed by atoms with Gasteiger partial charge in [0.05, 0.1) is 22.8 Å². The molecule has 0 aliphatic carbocycles. The molecule has 0 aliphatic heterocycles. The van der Waals surface area contributed by atoms with Gasteiger partial charge in [-0.3, -0.25) is 9.10 Å². The van der Waals surface area contributed by atoms with Crippen molar-refractivity contribution in [3.05, 3.63) is 53.6 Å². The molecule has 0 bridgehead atoms. The Labute approximate surface area is 159 Å². The summed E-state index contributed by atoms with van der Waals surface area (Å²) in [5.41, 5.74) is 1.96. The van der Waals surface area contributed by atoms with Gasteiger partial charge in [-0.2, -0.15) is 0 Å². The topological polar surface area (TPSA) is 92.8 Å². The fourth-order valence-corrected chi connectivity index (χ4v) is 3.81. The largest absolute Gasteiger partial charge is 0.462 e. The molecule has 1 N–H and O–H groups in total. The Balaban J connectivity index is 2.31. The molecule has 2 rings (SSSR count). The minimum atomic E-state index is -3.80. The lowest BCUT2D eigenvalue weighted by Gasteiger charge is -2.22. The van der Waals surface area contributed by atoms with E-state index >= 15 is 0 Å². The summed E-state index contributed by atoms with van der Waals surface area (Å²) in [4.78, 5) is 23.0. The molecule has 0 fully saturated rings. The number of sulfonamides is 1. The number of aryl methyl sites for hydroxylation is 1. The number of ether oxygens (including phenoxy) is 1. The number of rotatable bonds is 6. The van der Waals surface area contributed by atoms with E-state index < -0.39 is 16.0 Å². The fraction of sp³-hybridized carbons (Fsp3) is 0.263. The van der Waals surface area contributed by atoms with Crippen LogP contribution in [0.2, 0.25) is 0 Å². The number of esters is 1. The summed E-state index contributed by atoms with van der Waals surface area (Å²) >= 11 is 0. The van der Waals surface area contributed by atoms with Crippen molar-refractivity contribution in [3.8, 4) is 0 Å². The van der Waals surface area contributed by atoms with E-state index in [1.54, 1.807) is 26.0 Å². The molecule has 0 atom stereocenters. The molecule has 1 amide bonds. The number of nitrogens with zero attached hydrogens (tertiary/aromatic N) is 1. The molecule has 0 saturated carbocycles. The van der Waals surface area contributed by atoms with Gasteiger partial charge in [0.15, 0.2) is 0 Å². The first kappa shape index (κ1) is 20.4. The minimum absolute atomic E-state index is 0.0907. The van der Waals surface area contributed by atoms with Crippen molar-refractivity contribution in [1.82, 2.24) is 0 Å². The standard InChI is InChI=1S/C19H22N2O5S/c1-5-26-19(23)15-6-11-18(13(2)12-15)21(4)27(24,25)17-9-7-16(8-10-17)20-14(3)22/h6-12H,5H2,1-4H3,(H,20,22). The lowest BCUT2D eigenvalue weighted by atomic mass is 10.1. The highest BCUT2D eigenvalue weighted by molar-refractivity contribution is 7.92. The van der Waals surface area contributed by atoms with E-state index in [0.29, 0.717) is 22.5 Å². The van der Waals surface area contributed by atoms with Gasteiger partial charge in [-0.1, -0.05) is 0 Å². The second-order valence-corrected chi connectivity index (χ2v) is 7.87. The van der Waals surface area contributed by atoms with Crippen molar-refractivity contribution in [2.24, 2.45) is 0 Å². The molecule has 0 aromatic heterocycles. The molecule has 8 heteroatoms. The van der Waals surface area contributed by atoms with Crippen molar-refractivity contribution in [2.75, 3.05) is 23.3 Å². The van der Waals surface area contributed by atoms with Crippen molar-refractivity contribution >= 4 is 33.3 Å². The third-order valence-electron chi connectivity index (χ3n) is 3.88. The molecule has 144 valence electrons. The average Bonchev–Trinajstić information content (AvgIpc) is 2.61. The molecule has 2 aromatic carbocycles. The molecule has 0 radical (unpaired) electrons. The van der Waals surface area contributed by atoms with Gasteiger partial charge in [0.2, 0.25) is 5.91 Å². The van der Waals surface area contributed by atoms with E-state index in [1.807, 2.05) is 0 Å². The zero-order chi connectivity index (χ0) is 20.2. The summed E-state index contributed by atoms with van der Waals surface area (Å²) in [6, 6.07) is 10.6. The summed E-state index contributed by atoms with van der Waals surface area (Å²) < 4.78 is 31.9. The highest BCUT2D eigenvalue weighted by Gasteiger charge is 2.23. The number of anilines is 2. The maximum absolute atomic E-state index is 12.9. The Hall–Kier alpha value is -2.87. The van der Waals surface area contributed by atoms with Crippen LogP contribution in [0.25, 0.3) is 0 Å². The lowest BCUT2D eigenvalue weighted by molar-refractivity contribution is -0.114. The molecule has 0 heterocycles. The molecular weight excluding hydrogens is 368 g/mol. The lowest BCUT2D eigenvalue weighted by Crippen LogP contribution is -2.27. The van der Waals surface area contributed by atoms with Crippen LogP contribution in [-0.4, -0.2) is 33.9 Å². The Morgan fingerprint density at radius 2 is 1.74 bits per heavy atom. The van der Waals surface area contributed by atoms with E-state index in [9.17, 15) is 18.0 Å². The highest BCUT2D eigenvalue weighted by atomic mass is 32.2. The molecule has 0 aliphatic rings. The molecule has 0 unspecified atom stereocenters. The van der Waals surface area contributed by atoms with Gasteiger partial charge in [-0.05, 0) is 61.9 Å². The van der Waals surface area contributed by atoms with Crippen LogP contribution in [0.15, 0.2) is 47.4 Å². The third kappa shape index (κ3) is 4.65. The minimum Gasteiger partial charge on any atom is -0.462 e. The molecular formula is C19H22N2O5S. The number of benzene rings is 2. The van der Waals surface area contributed by atoms with Crippen LogP contribution >= 0.6 is 0 Å². The van der Waals surface area contributed by atoms with Crippen molar-refractivity contribution in [2.45, 2.75) is 25.7 Å². The smallest absolute Gasteiger partial charge is 0.338 e. The second-order valence-electron chi connectivity index (χ2n) is 5.90. The summed E-state index contributed by atoms with van der Waals surface area (Å²) in [7, 11) is -2.35. The zero-order valence-electron chi connectivity index (χ0n) is 15.6. The van der Waals surface area contributed by atoms with E-state index in [2.05, 4.69) is 5.32 Å². The van der Waals surface area contributed by atoms with Crippen LogP contribution < -0.4 is 9.62 Å². The van der Waals surface area contributed by atoms with Crippen LogP contribution in [0.3, 0.4) is 0 Å². The Morgan fingerprint density at radius 1 is 1.11 bits per heavy atom. The number of amides is 1. The van der Waals surface area contributed by atoms with Gasteiger partial charge in [-0.15, -0.1) is 0 Å². The monoisotopic (exact) mass is 390 g/mol.